The van der Waals surface area contributed by atoms with Gasteiger partial charge in [0.05, 0.1) is 18.8 Å². The molecule has 1 fully saturated rings. The van der Waals surface area contributed by atoms with Crippen LogP contribution in [0.5, 0.6) is 5.75 Å². The first-order chi connectivity index (χ1) is 16.2. The summed E-state index contributed by atoms with van der Waals surface area (Å²) in [5.41, 5.74) is 0.479. The van der Waals surface area contributed by atoms with Gasteiger partial charge in [-0.05, 0) is 45.4 Å². The summed E-state index contributed by atoms with van der Waals surface area (Å²) in [5.74, 6) is -2.19. The van der Waals surface area contributed by atoms with E-state index in [0.717, 1.165) is 0 Å². The Morgan fingerprint density at radius 2 is 1.91 bits per heavy atom. The van der Waals surface area contributed by atoms with Crippen LogP contribution in [0.3, 0.4) is 0 Å². The molecule has 0 bridgehead atoms. The predicted octanol–water partition coefficient (Wildman–Crippen LogP) is 3.45. The molecular weight excluding hydrogens is 444 g/mol. The number of carbonyl (C=O) groups is 3. The number of esters is 2. The monoisotopic (exact) mass is 474 g/mol. The second-order valence-corrected chi connectivity index (χ2v) is 8.38. The molecule has 2 heterocycles. The van der Waals surface area contributed by atoms with Crippen molar-refractivity contribution in [2.45, 2.75) is 57.7 Å². The Bertz CT molecular complexity index is 992. The van der Waals surface area contributed by atoms with Crippen molar-refractivity contribution in [1.82, 2.24) is 0 Å². The maximum Gasteiger partial charge on any atom is 0.343 e. The van der Waals surface area contributed by atoms with Gasteiger partial charge in [-0.1, -0.05) is 18.2 Å². The molecule has 9 heteroatoms. The molecule has 0 unspecified atom stereocenters. The van der Waals surface area contributed by atoms with Gasteiger partial charge in [-0.2, -0.15) is 0 Å². The van der Waals surface area contributed by atoms with Gasteiger partial charge >= 0.3 is 11.9 Å². The fourth-order valence-electron chi connectivity index (χ4n) is 3.87. The SMILES string of the molecule is COCOc1ccc(C(=O)OC)c2c1C(=O)O[C@@H](C)C=CCC(=O)[C@H]1OC(C)(C)O[C@H]1CC=C2. The smallest absolute Gasteiger partial charge is 0.343 e. The van der Waals surface area contributed by atoms with Gasteiger partial charge in [0.1, 0.15) is 23.5 Å². The molecule has 0 radical (unpaired) electrons. The first-order valence-electron chi connectivity index (χ1n) is 11.0. The number of fused-ring (bicyclic) bond motifs is 2. The zero-order chi connectivity index (χ0) is 24.9. The van der Waals surface area contributed by atoms with Crippen molar-refractivity contribution in [2.24, 2.45) is 0 Å². The molecule has 1 aromatic rings. The fraction of sp³-hybridized carbons (Fsp3) is 0.480. The second-order valence-electron chi connectivity index (χ2n) is 8.38. The van der Waals surface area contributed by atoms with Gasteiger partial charge in [0.2, 0.25) is 0 Å². The van der Waals surface area contributed by atoms with Crippen LogP contribution in [-0.2, 0) is 28.5 Å². The first-order valence-corrected chi connectivity index (χ1v) is 11.0. The van der Waals surface area contributed by atoms with E-state index in [0.29, 0.717) is 6.42 Å². The van der Waals surface area contributed by atoms with Crippen LogP contribution in [0.4, 0.5) is 0 Å². The molecule has 3 atom stereocenters. The number of benzene rings is 1. The molecule has 0 aliphatic carbocycles. The van der Waals surface area contributed by atoms with Crippen molar-refractivity contribution in [3.05, 3.63) is 47.1 Å². The van der Waals surface area contributed by atoms with Crippen molar-refractivity contribution in [3.8, 4) is 5.75 Å². The van der Waals surface area contributed by atoms with Crippen LogP contribution in [0.25, 0.3) is 6.08 Å². The Labute approximate surface area is 198 Å². The molecule has 0 spiro atoms. The van der Waals surface area contributed by atoms with Crippen LogP contribution in [-0.4, -0.2) is 62.8 Å². The van der Waals surface area contributed by atoms with Crippen molar-refractivity contribution >= 4 is 23.8 Å². The van der Waals surface area contributed by atoms with E-state index >= 15 is 0 Å². The molecular formula is C25H30O9. The van der Waals surface area contributed by atoms with Crippen LogP contribution in [0.15, 0.2) is 30.4 Å². The third-order valence-corrected chi connectivity index (χ3v) is 5.32. The van der Waals surface area contributed by atoms with Crippen molar-refractivity contribution in [3.63, 3.8) is 0 Å². The number of allylic oxidation sites excluding steroid dienone is 1. The highest BCUT2D eigenvalue weighted by Crippen LogP contribution is 2.33. The molecule has 3 rings (SSSR count). The summed E-state index contributed by atoms with van der Waals surface area (Å²) in [5, 5.41) is 0. The minimum atomic E-state index is -0.918. The van der Waals surface area contributed by atoms with Crippen molar-refractivity contribution in [2.75, 3.05) is 21.0 Å². The van der Waals surface area contributed by atoms with Crippen LogP contribution >= 0.6 is 0 Å². The Hall–Kier alpha value is -3.01. The number of methoxy groups -OCH3 is 2. The number of hydrogen-bond donors (Lipinski definition) is 0. The normalized spacial score (nSPS) is 24.6. The Balaban J connectivity index is 2.12. The lowest BCUT2D eigenvalue weighted by Gasteiger charge is -2.18. The molecule has 34 heavy (non-hydrogen) atoms. The van der Waals surface area contributed by atoms with Crippen LogP contribution in [0, 0.1) is 0 Å². The Morgan fingerprint density at radius 3 is 2.62 bits per heavy atom. The molecule has 1 saturated heterocycles. The molecule has 0 saturated carbocycles. The fourth-order valence-corrected chi connectivity index (χ4v) is 3.87. The quantitative estimate of drug-likeness (QED) is 0.368. The summed E-state index contributed by atoms with van der Waals surface area (Å²) >= 11 is 0. The summed E-state index contributed by atoms with van der Waals surface area (Å²) in [4.78, 5) is 38.5. The average molecular weight is 475 g/mol. The van der Waals surface area contributed by atoms with Gasteiger partial charge in [0, 0.05) is 19.1 Å². The molecule has 1 aromatic carbocycles. The topological polar surface area (TPSA) is 107 Å². The molecule has 184 valence electrons. The van der Waals surface area contributed by atoms with Gasteiger partial charge in [0.15, 0.2) is 18.4 Å². The highest BCUT2D eigenvalue weighted by molar-refractivity contribution is 6.03. The third kappa shape index (κ3) is 5.91. The highest BCUT2D eigenvalue weighted by atomic mass is 16.8. The number of cyclic esters (lactones) is 1. The summed E-state index contributed by atoms with van der Waals surface area (Å²) in [6.07, 6.45) is 5.07. The maximum atomic E-state index is 13.2. The average Bonchev–Trinajstić information content (AvgIpc) is 3.10. The van der Waals surface area contributed by atoms with E-state index < -0.39 is 36.0 Å². The number of carbonyl (C=O) groups excluding carboxylic acids is 3. The Kier molecular flexibility index (Phi) is 8.24. The number of hydrogen-bond acceptors (Lipinski definition) is 9. The van der Waals surface area contributed by atoms with Crippen molar-refractivity contribution < 1.29 is 42.8 Å². The standard InChI is InChI=1S/C25H30O9/c1-15-8-6-10-18(26)22-20(33-25(2,3)34-22)11-7-9-16-17(23(27)30-5)12-13-19(31-14-29-4)21(16)24(28)32-15/h6-9,12-13,15,20,22H,10-11,14H2,1-5H3/t15-,20-,22+/m0/s1. The third-order valence-electron chi connectivity index (χ3n) is 5.32. The second kappa shape index (κ2) is 10.9. The Morgan fingerprint density at radius 1 is 1.15 bits per heavy atom. The van der Waals surface area contributed by atoms with Crippen LogP contribution in [0.2, 0.25) is 0 Å². The molecule has 2 aliphatic rings. The lowest BCUT2D eigenvalue weighted by Crippen LogP contribution is -2.31. The molecule has 9 nitrogen and oxygen atoms in total. The molecule has 0 amide bonds. The van der Waals surface area contributed by atoms with Crippen LogP contribution in [0.1, 0.15) is 59.9 Å². The van der Waals surface area contributed by atoms with E-state index in [1.54, 1.807) is 45.1 Å². The minimum absolute atomic E-state index is 0.0602. The van der Waals surface area contributed by atoms with E-state index in [-0.39, 0.29) is 41.4 Å². The summed E-state index contributed by atoms with van der Waals surface area (Å²) in [6.45, 7) is 5.06. The van der Waals surface area contributed by atoms with E-state index in [1.165, 1.54) is 26.4 Å². The first kappa shape index (κ1) is 25.6. The van der Waals surface area contributed by atoms with E-state index in [4.69, 9.17) is 28.4 Å². The largest absolute Gasteiger partial charge is 0.467 e. The molecule has 0 N–H and O–H groups in total. The number of Topliss-reactive ketones (excluding diaryl/α,β-unsaturated/α-hetero) is 1. The molecule has 2 aliphatic heterocycles. The summed E-state index contributed by atoms with van der Waals surface area (Å²) in [6, 6.07) is 3.00. The van der Waals surface area contributed by atoms with Gasteiger partial charge in [0.25, 0.3) is 0 Å². The lowest BCUT2D eigenvalue weighted by molar-refractivity contribution is -0.154. The van der Waals surface area contributed by atoms with Crippen LogP contribution < -0.4 is 4.74 Å². The zero-order valence-electron chi connectivity index (χ0n) is 20.0. The van der Waals surface area contributed by atoms with E-state index in [9.17, 15) is 14.4 Å². The van der Waals surface area contributed by atoms with E-state index in [2.05, 4.69) is 0 Å². The minimum Gasteiger partial charge on any atom is -0.467 e. The van der Waals surface area contributed by atoms with Gasteiger partial charge < -0.3 is 28.4 Å². The maximum absolute atomic E-state index is 13.2. The number of ketones is 1. The summed E-state index contributed by atoms with van der Waals surface area (Å²) < 4.78 is 32.8. The van der Waals surface area contributed by atoms with Gasteiger partial charge in [-0.3, -0.25) is 4.79 Å². The highest BCUT2D eigenvalue weighted by Gasteiger charge is 2.43. The zero-order valence-corrected chi connectivity index (χ0v) is 20.0. The number of rotatable bonds is 4. The molecule has 0 aromatic heterocycles. The van der Waals surface area contributed by atoms with Gasteiger partial charge in [-0.15, -0.1) is 0 Å². The summed E-state index contributed by atoms with van der Waals surface area (Å²) in [7, 11) is 2.71. The number of ether oxygens (including phenoxy) is 6. The van der Waals surface area contributed by atoms with Crippen molar-refractivity contribution in [1.29, 1.82) is 0 Å². The predicted molar refractivity (Wildman–Crippen MR) is 121 cm³/mol. The lowest BCUT2D eigenvalue weighted by atomic mass is 9.97. The van der Waals surface area contributed by atoms with Gasteiger partial charge in [-0.25, -0.2) is 9.59 Å². The van der Waals surface area contributed by atoms with E-state index in [1.807, 2.05) is 0 Å².